The van der Waals surface area contributed by atoms with Crippen molar-refractivity contribution in [1.29, 1.82) is 0 Å². The van der Waals surface area contributed by atoms with E-state index in [4.69, 9.17) is 4.74 Å². The van der Waals surface area contributed by atoms with Crippen LogP contribution in [0.3, 0.4) is 0 Å². The van der Waals surface area contributed by atoms with Crippen molar-refractivity contribution in [2.24, 2.45) is 0 Å². The van der Waals surface area contributed by atoms with Gasteiger partial charge < -0.3 is 9.84 Å². The van der Waals surface area contributed by atoms with E-state index in [1.54, 1.807) is 0 Å². The van der Waals surface area contributed by atoms with Gasteiger partial charge in [0, 0.05) is 6.04 Å². The second-order valence-electron chi connectivity index (χ2n) is 3.62. The molecule has 0 aromatic rings. The third kappa shape index (κ3) is 1.17. The van der Waals surface area contributed by atoms with Crippen molar-refractivity contribution in [1.82, 2.24) is 4.90 Å². The maximum Gasteiger partial charge on any atom is 0.137 e. The molecular weight excluding hydrogens is 142 g/mol. The fourth-order valence-electron chi connectivity index (χ4n) is 1.78. The Morgan fingerprint density at radius 2 is 2.18 bits per heavy atom. The van der Waals surface area contributed by atoms with E-state index in [0.717, 1.165) is 12.8 Å². The zero-order valence-electron chi connectivity index (χ0n) is 7.03. The zero-order chi connectivity index (χ0) is 8.01. The number of nitrogens with zero attached hydrogens (tertiary/aromatic N) is 1. The standard InChI is InChI=1S/C8H15NO2/c1-5-6(10)3-4-7-8(11-7)9(5)2/h5-8,10H,3-4H2,1-2H3. The van der Waals surface area contributed by atoms with Gasteiger partial charge >= 0.3 is 0 Å². The van der Waals surface area contributed by atoms with Crippen molar-refractivity contribution in [3.8, 4) is 0 Å². The predicted molar refractivity (Wildman–Crippen MR) is 41.1 cm³/mol. The maximum atomic E-state index is 9.57. The number of epoxide rings is 1. The van der Waals surface area contributed by atoms with Crippen LogP contribution in [0.2, 0.25) is 0 Å². The molecule has 0 amide bonds. The van der Waals surface area contributed by atoms with Crippen LogP contribution in [0, 0.1) is 0 Å². The molecule has 0 aliphatic carbocycles. The molecule has 1 N–H and O–H groups in total. The number of fused-ring (bicyclic) bond motifs is 1. The highest BCUT2D eigenvalue weighted by Gasteiger charge is 2.47. The first-order chi connectivity index (χ1) is 5.20. The Labute approximate surface area is 66.9 Å². The average molecular weight is 157 g/mol. The summed E-state index contributed by atoms with van der Waals surface area (Å²) in [6.45, 7) is 2.05. The van der Waals surface area contributed by atoms with Gasteiger partial charge in [0.05, 0.1) is 12.2 Å². The van der Waals surface area contributed by atoms with E-state index in [9.17, 15) is 5.11 Å². The van der Waals surface area contributed by atoms with Crippen molar-refractivity contribution in [3.63, 3.8) is 0 Å². The zero-order valence-corrected chi connectivity index (χ0v) is 7.03. The number of hydrogen-bond donors (Lipinski definition) is 1. The Kier molecular flexibility index (Phi) is 1.67. The van der Waals surface area contributed by atoms with Gasteiger partial charge in [0.2, 0.25) is 0 Å². The normalized spacial score (nSPS) is 51.5. The first kappa shape index (κ1) is 7.53. The number of likely N-dealkylation sites (tertiary alicyclic amines) is 1. The third-order valence-corrected chi connectivity index (χ3v) is 2.90. The minimum absolute atomic E-state index is 0.170. The van der Waals surface area contributed by atoms with Gasteiger partial charge in [-0.2, -0.15) is 0 Å². The highest BCUT2D eigenvalue weighted by atomic mass is 16.6. The average Bonchev–Trinajstić information content (AvgIpc) is 2.75. The number of likely N-dealkylation sites (N-methyl/N-ethyl adjacent to an activating group) is 1. The van der Waals surface area contributed by atoms with E-state index in [0.29, 0.717) is 12.3 Å². The van der Waals surface area contributed by atoms with Gasteiger partial charge in [-0.3, -0.25) is 4.90 Å². The molecule has 0 radical (unpaired) electrons. The summed E-state index contributed by atoms with van der Waals surface area (Å²) >= 11 is 0. The molecule has 2 heterocycles. The molecule has 0 bridgehead atoms. The second-order valence-corrected chi connectivity index (χ2v) is 3.62. The molecule has 0 aromatic heterocycles. The molecule has 0 aromatic carbocycles. The highest BCUT2D eigenvalue weighted by Crippen LogP contribution is 2.34. The molecule has 11 heavy (non-hydrogen) atoms. The Morgan fingerprint density at radius 3 is 2.91 bits per heavy atom. The van der Waals surface area contributed by atoms with Crippen molar-refractivity contribution in [3.05, 3.63) is 0 Å². The first-order valence-corrected chi connectivity index (χ1v) is 4.25. The van der Waals surface area contributed by atoms with E-state index in [2.05, 4.69) is 11.8 Å². The molecule has 0 saturated carbocycles. The van der Waals surface area contributed by atoms with Crippen LogP contribution in [-0.2, 0) is 4.74 Å². The number of aliphatic hydroxyl groups excluding tert-OH is 1. The quantitative estimate of drug-likeness (QED) is 0.510. The van der Waals surface area contributed by atoms with E-state index in [1.165, 1.54) is 0 Å². The van der Waals surface area contributed by atoms with Crippen molar-refractivity contribution < 1.29 is 9.84 Å². The summed E-state index contributed by atoms with van der Waals surface area (Å²) in [5.41, 5.74) is 0. The lowest BCUT2D eigenvalue weighted by atomic mass is 10.1. The Bertz CT molecular complexity index is 156. The molecule has 2 fully saturated rings. The first-order valence-electron chi connectivity index (χ1n) is 4.25. The van der Waals surface area contributed by atoms with E-state index < -0.39 is 0 Å². The van der Waals surface area contributed by atoms with Gasteiger partial charge in [0.25, 0.3) is 0 Å². The Balaban J connectivity index is 2.06. The van der Waals surface area contributed by atoms with E-state index >= 15 is 0 Å². The molecule has 64 valence electrons. The number of ether oxygens (including phenoxy) is 1. The second kappa shape index (κ2) is 2.44. The summed E-state index contributed by atoms with van der Waals surface area (Å²) < 4.78 is 5.40. The monoisotopic (exact) mass is 157 g/mol. The maximum absolute atomic E-state index is 9.57. The van der Waals surface area contributed by atoms with Crippen molar-refractivity contribution in [2.45, 2.75) is 44.2 Å². The minimum atomic E-state index is -0.170. The minimum Gasteiger partial charge on any atom is -0.392 e. The lowest BCUT2D eigenvalue weighted by Gasteiger charge is -2.25. The summed E-state index contributed by atoms with van der Waals surface area (Å²) in [6.07, 6.45) is 2.42. The van der Waals surface area contributed by atoms with Crippen LogP contribution in [0.25, 0.3) is 0 Å². The number of rotatable bonds is 0. The number of hydrogen-bond acceptors (Lipinski definition) is 3. The van der Waals surface area contributed by atoms with Crippen LogP contribution in [0.4, 0.5) is 0 Å². The number of aliphatic hydroxyl groups is 1. The summed E-state index contributed by atoms with van der Waals surface area (Å²) in [4.78, 5) is 2.13. The van der Waals surface area contributed by atoms with E-state index in [1.807, 2.05) is 7.05 Å². The van der Waals surface area contributed by atoms with Gasteiger partial charge in [0.15, 0.2) is 0 Å². The van der Waals surface area contributed by atoms with Gasteiger partial charge in [0.1, 0.15) is 6.23 Å². The van der Waals surface area contributed by atoms with Crippen LogP contribution in [-0.4, -0.2) is 41.5 Å². The molecule has 4 unspecified atom stereocenters. The molecular formula is C8H15NO2. The third-order valence-electron chi connectivity index (χ3n) is 2.90. The van der Waals surface area contributed by atoms with Crippen molar-refractivity contribution in [2.75, 3.05) is 7.05 Å². The molecule has 2 aliphatic heterocycles. The molecule has 3 nitrogen and oxygen atoms in total. The summed E-state index contributed by atoms with van der Waals surface area (Å²) in [6, 6.07) is 0.243. The molecule has 0 spiro atoms. The molecule has 2 rings (SSSR count). The Hall–Kier alpha value is -0.120. The molecule has 4 atom stereocenters. The Morgan fingerprint density at radius 1 is 1.45 bits per heavy atom. The van der Waals surface area contributed by atoms with Crippen LogP contribution >= 0.6 is 0 Å². The predicted octanol–water partition coefficient (Wildman–Crippen LogP) is 0.186. The SMILES string of the molecule is CC1C(O)CCC2OC2N1C. The lowest BCUT2D eigenvalue weighted by Crippen LogP contribution is -2.39. The topological polar surface area (TPSA) is 36.0 Å². The molecule has 2 saturated heterocycles. The largest absolute Gasteiger partial charge is 0.392 e. The van der Waals surface area contributed by atoms with Crippen molar-refractivity contribution >= 4 is 0 Å². The van der Waals surface area contributed by atoms with Gasteiger partial charge in [-0.25, -0.2) is 0 Å². The molecule has 3 heteroatoms. The van der Waals surface area contributed by atoms with Crippen LogP contribution < -0.4 is 0 Å². The lowest BCUT2D eigenvalue weighted by molar-refractivity contribution is 0.0421. The van der Waals surface area contributed by atoms with E-state index in [-0.39, 0.29) is 12.1 Å². The van der Waals surface area contributed by atoms with Gasteiger partial charge in [-0.05, 0) is 26.8 Å². The smallest absolute Gasteiger partial charge is 0.137 e. The van der Waals surface area contributed by atoms with Crippen LogP contribution in [0.15, 0.2) is 0 Å². The fraction of sp³-hybridized carbons (Fsp3) is 1.00. The van der Waals surface area contributed by atoms with Gasteiger partial charge in [-0.1, -0.05) is 0 Å². The summed E-state index contributed by atoms with van der Waals surface area (Å²) in [5, 5.41) is 9.57. The fourth-order valence-corrected chi connectivity index (χ4v) is 1.78. The van der Waals surface area contributed by atoms with Gasteiger partial charge in [-0.15, -0.1) is 0 Å². The summed E-state index contributed by atoms with van der Waals surface area (Å²) in [7, 11) is 2.02. The summed E-state index contributed by atoms with van der Waals surface area (Å²) in [5.74, 6) is 0. The highest BCUT2D eigenvalue weighted by molar-refractivity contribution is 4.92. The molecule has 2 aliphatic rings. The van der Waals surface area contributed by atoms with Crippen LogP contribution in [0.5, 0.6) is 0 Å². The van der Waals surface area contributed by atoms with Crippen LogP contribution in [0.1, 0.15) is 19.8 Å².